The predicted octanol–water partition coefficient (Wildman–Crippen LogP) is 2.95. The minimum atomic E-state index is -1.03. The number of benzene rings is 2. The molecule has 1 N–H and O–H groups in total. The van der Waals surface area contributed by atoms with Gasteiger partial charge < -0.3 is 14.6 Å². The normalized spacial score (nSPS) is 12.1. The first-order valence-corrected chi connectivity index (χ1v) is 9.04. The van der Waals surface area contributed by atoms with Crippen LogP contribution in [-0.2, 0) is 16.1 Å². The van der Waals surface area contributed by atoms with Gasteiger partial charge in [0.1, 0.15) is 18.2 Å². The van der Waals surface area contributed by atoms with Gasteiger partial charge in [0, 0.05) is 6.61 Å². The van der Waals surface area contributed by atoms with Gasteiger partial charge in [-0.3, -0.25) is 9.36 Å². The van der Waals surface area contributed by atoms with Gasteiger partial charge in [0.05, 0.1) is 17.4 Å². The third-order valence-electron chi connectivity index (χ3n) is 4.38. The summed E-state index contributed by atoms with van der Waals surface area (Å²) in [6.45, 7) is 4.50. The Morgan fingerprint density at radius 1 is 1.18 bits per heavy atom. The third-order valence-corrected chi connectivity index (χ3v) is 4.38. The average molecular weight is 382 g/mol. The first-order valence-electron chi connectivity index (χ1n) is 9.04. The number of rotatable bonds is 8. The number of nitrogens with zero attached hydrogens (tertiary/aromatic N) is 2. The van der Waals surface area contributed by atoms with Crippen LogP contribution in [0.3, 0.4) is 0 Å². The fourth-order valence-electron chi connectivity index (χ4n) is 3.01. The molecule has 3 aromatic rings. The quantitative estimate of drug-likeness (QED) is 0.644. The summed E-state index contributed by atoms with van der Waals surface area (Å²) in [7, 11) is 0. The summed E-state index contributed by atoms with van der Waals surface area (Å²) in [5.41, 5.74) is 1.13. The van der Waals surface area contributed by atoms with Crippen LogP contribution >= 0.6 is 0 Å². The van der Waals surface area contributed by atoms with Crippen molar-refractivity contribution < 1.29 is 19.4 Å². The van der Waals surface area contributed by atoms with Crippen molar-refractivity contribution >= 4 is 16.9 Å². The van der Waals surface area contributed by atoms with E-state index in [0.717, 1.165) is 0 Å². The summed E-state index contributed by atoms with van der Waals surface area (Å²) in [6.07, 6.45) is -0.996. The summed E-state index contributed by atoms with van der Waals surface area (Å²) < 4.78 is 12.5. The monoisotopic (exact) mass is 382 g/mol. The highest BCUT2D eigenvalue weighted by molar-refractivity contribution is 5.77. The van der Waals surface area contributed by atoms with Gasteiger partial charge in [-0.25, -0.2) is 9.78 Å². The molecule has 0 aliphatic carbocycles. The Balaban J connectivity index is 1.68. The number of hydrogen-bond acceptors (Lipinski definition) is 5. The van der Waals surface area contributed by atoms with E-state index in [9.17, 15) is 14.7 Å². The SMILES string of the molecule is CCOC(C(=O)O)c1ccc(OCCn2c(C)nc3ccccc3c2=O)cc1. The van der Waals surface area contributed by atoms with Crippen molar-refractivity contribution in [2.45, 2.75) is 26.5 Å². The lowest BCUT2D eigenvalue weighted by Crippen LogP contribution is -2.26. The minimum Gasteiger partial charge on any atom is -0.492 e. The van der Waals surface area contributed by atoms with Gasteiger partial charge >= 0.3 is 5.97 Å². The molecule has 0 bridgehead atoms. The molecule has 1 heterocycles. The molecule has 28 heavy (non-hydrogen) atoms. The fraction of sp³-hybridized carbons (Fsp3) is 0.286. The number of aliphatic carboxylic acids is 1. The van der Waals surface area contributed by atoms with Crippen LogP contribution in [0.25, 0.3) is 10.9 Å². The van der Waals surface area contributed by atoms with Crippen molar-refractivity contribution in [2.24, 2.45) is 0 Å². The second-order valence-corrected chi connectivity index (χ2v) is 6.22. The molecule has 0 saturated carbocycles. The van der Waals surface area contributed by atoms with Gasteiger partial charge in [-0.15, -0.1) is 0 Å². The number of ether oxygens (including phenoxy) is 2. The lowest BCUT2D eigenvalue weighted by molar-refractivity contribution is -0.150. The molecular formula is C21H22N2O5. The van der Waals surface area contributed by atoms with Crippen LogP contribution in [0.15, 0.2) is 53.3 Å². The smallest absolute Gasteiger partial charge is 0.337 e. The highest BCUT2D eigenvalue weighted by Crippen LogP contribution is 2.21. The average Bonchev–Trinajstić information content (AvgIpc) is 2.69. The van der Waals surface area contributed by atoms with Crippen LogP contribution in [0.2, 0.25) is 0 Å². The molecule has 1 aromatic heterocycles. The number of para-hydroxylation sites is 1. The van der Waals surface area contributed by atoms with Crippen LogP contribution in [-0.4, -0.2) is 33.8 Å². The van der Waals surface area contributed by atoms with Crippen molar-refractivity contribution in [2.75, 3.05) is 13.2 Å². The minimum absolute atomic E-state index is 0.0944. The van der Waals surface area contributed by atoms with Gasteiger partial charge in [-0.1, -0.05) is 24.3 Å². The number of hydrogen-bond donors (Lipinski definition) is 1. The maximum atomic E-state index is 12.6. The van der Waals surface area contributed by atoms with Crippen LogP contribution < -0.4 is 10.3 Å². The van der Waals surface area contributed by atoms with Crippen molar-refractivity contribution in [3.8, 4) is 5.75 Å². The predicted molar refractivity (Wildman–Crippen MR) is 105 cm³/mol. The first kappa shape index (κ1) is 19.6. The molecule has 0 fully saturated rings. The zero-order valence-corrected chi connectivity index (χ0v) is 15.8. The standard InChI is InChI=1S/C21H22N2O5/c1-3-27-19(21(25)26)15-8-10-16(11-9-15)28-13-12-23-14(2)22-18-7-5-4-6-17(18)20(23)24/h4-11,19H,3,12-13H2,1-2H3,(H,25,26). The maximum absolute atomic E-state index is 12.6. The maximum Gasteiger partial charge on any atom is 0.337 e. The molecule has 0 saturated heterocycles. The van der Waals surface area contributed by atoms with Crippen molar-refractivity contribution in [1.29, 1.82) is 0 Å². The number of fused-ring (bicyclic) bond motifs is 1. The summed E-state index contributed by atoms with van der Waals surface area (Å²) in [4.78, 5) is 28.4. The number of carboxylic acids is 1. The van der Waals surface area contributed by atoms with Crippen molar-refractivity contribution in [3.63, 3.8) is 0 Å². The highest BCUT2D eigenvalue weighted by Gasteiger charge is 2.19. The zero-order valence-electron chi connectivity index (χ0n) is 15.8. The Morgan fingerprint density at radius 3 is 2.57 bits per heavy atom. The lowest BCUT2D eigenvalue weighted by Gasteiger charge is -2.14. The Morgan fingerprint density at radius 2 is 1.89 bits per heavy atom. The van der Waals surface area contributed by atoms with Gasteiger partial charge in [0.2, 0.25) is 0 Å². The summed E-state index contributed by atoms with van der Waals surface area (Å²) >= 11 is 0. The molecule has 0 spiro atoms. The second kappa shape index (κ2) is 8.67. The van der Waals surface area contributed by atoms with Gasteiger partial charge in [0.15, 0.2) is 6.10 Å². The molecule has 0 aliphatic heterocycles. The van der Waals surface area contributed by atoms with Crippen molar-refractivity contribution in [3.05, 3.63) is 70.3 Å². The molecular weight excluding hydrogens is 360 g/mol. The number of aryl methyl sites for hydroxylation is 1. The van der Waals surface area contributed by atoms with Gasteiger partial charge in [-0.2, -0.15) is 0 Å². The zero-order chi connectivity index (χ0) is 20.1. The summed E-state index contributed by atoms with van der Waals surface area (Å²) in [6, 6.07) is 14.0. The Kier molecular flexibility index (Phi) is 6.06. The molecule has 2 aromatic carbocycles. The Bertz CT molecular complexity index is 1030. The van der Waals surface area contributed by atoms with Crippen LogP contribution in [0.1, 0.15) is 24.4 Å². The molecule has 146 valence electrons. The summed E-state index contributed by atoms with van der Waals surface area (Å²) in [5.74, 6) is 0.182. The van der Waals surface area contributed by atoms with Gasteiger partial charge in [-0.05, 0) is 43.7 Å². The molecule has 1 atom stereocenters. The van der Waals surface area contributed by atoms with Crippen LogP contribution in [0.5, 0.6) is 5.75 Å². The topological polar surface area (TPSA) is 90.7 Å². The highest BCUT2D eigenvalue weighted by atomic mass is 16.5. The molecule has 1 unspecified atom stereocenters. The molecule has 0 amide bonds. The number of carboxylic acid groups (broad SMARTS) is 1. The second-order valence-electron chi connectivity index (χ2n) is 6.22. The van der Waals surface area contributed by atoms with Crippen LogP contribution in [0, 0.1) is 6.92 Å². The number of carbonyl (C=O) groups is 1. The van der Waals surface area contributed by atoms with E-state index in [1.54, 1.807) is 48.7 Å². The molecule has 3 rings (SSSR count). The van der Waals surface area contributed by atoms with Crippen LogP contribution in [0.4, 0.5) is 0 Å². The molecule has 7 heteroatoms. The van der Waals surface area contributed by atoms with Crippen molar-refractivity contribution in [1.82, 2.24) is 9.55 Å². The van der Waals surface area contributed by atoms with E-state index < -0.39 is 12.1 Å². The largest absolute Gasteiger partial charge is 0.492 e. The number of aromatic nitrogens is 2. The first-order chi connectivity index (χ1) is 13.5. The van der Waals surface area contributed by atoms with E-state index in [2.05, 4.69) is 4.98 Å². The van der Waals surface area contributed by atoms with E-state index in [4.69, 9.17) is 9.47 Å². The lowest BCUT2D eigenvalue weighted by atomic mass is 10.1. The van der Waals surface area contributed by atoms with E-state index in [0.29, 0.717) is 41.2 Å². The van der Waals surface area contributed by atoms with E-state index in [1.807, 2.05) is 18.2 Å². The van der Waals surface area contributed by atoms with E-state index >= 15 is 0 Å². The summed E-state index contributed by atoms with van der Waals surface area (Å²) in [5, 5.41) is 9.80. The molecule has 0 radical (unpaired) electrons. The van der Waals surface area contributed by atoms with E-state index in [-0.39, 0.29) is 12.2 Å². The molecule has 7 nitrogen and oxygen atoms in total. The Hall–Kier alpha value is -3.19. The van der Waals surface area contributed by atoms with Gasteiger partial charge in [0.25, 0.3) is 5.56 Å². The third kappa shape index (κ3) is 4.20. The fourth-order valence-corrected chi connectivity index (χ4v) is 3.01. The Labute approximate surface area is 162 Å². The van der Waals surface area contributed by atoms with E-state index in [1.165, 1.54) is 0 Å². The molecule has 0 aliphatic rings.